The molecule has 2 fully saturated rings. The SMILES string of the molecule is CNC(=O)c1ccc(-c2cc(NC3CC3)n3ncc(/C=C4\NC(O)NC4=O)c3n2)s1. The van der Waals surface area contributed by atoms with Crippen molar-refractivity contribution >= 4 is 40.7 Å². The number of carbonyl (C=O) groups excluding carboxylic acids is 2. The van der Waals surface area contributed by atoms with Crippen LogP contribution in [0.25, 0.3) is 22.3 Å². The summed E-state index contributed by atoms with van der Waals surface area (Å²) in [6.45, 7) is 0. The molecule has 5 N–H and O–H groups in total. The topological polar surface area (TPSA) is 133 Å². The summed E-state index contributed by atoms with van der Waals surface area (Å²) in [4.78, 5) is 30.1. The highest BCUT2D eigenvalue weighted by Gasteiger charge is 2.25. The summed E-state index contributed by atoms with van der Waals surface area (Å²) >= 11 is 1.36. The average Bonchev–Trinajstić information content (AvgIpc) is 3.12. The van der Waals surface area contributed by atoms with Gasteiger partial charge in [-0.25, -0.2) is 4.98 Å². The number of aliphatic hydroxyl groups is 1. The smallest absolute Gasteiger partial charge is 0.270 e. The number of hydrogen-bond acceptors (Lipinski definition) is 8. The number of nitrogens with zero attached hydrogens (tertiary/aromatic N) is 3. The Balaban J connectivity index is 1.61. The van der Waals surface area contributed by atoms with E-state index >= 15 is 0 Å². The van der Waals surface area contributed by atoms with Gasteiger partial charge in [-0.15, -0.1) is 11.3 Å². The first kappa shape index (κ1) is 18.6. The maximum Gasteiger partial charge on any atom is 0.270 e. The van der Waals surface area contributed by atoms with Gasteiger partial charge in [-0.05, 0) is 31.1 Å². The summed E-state index contributed by atoms with van der Waals surface area (Å²) in [5.41, 5.74) is 2.13. The van der Waals surface area contributed by atoms with Crippen LogP contribution in [0, 0.1) is 0 Å². The van der Waals surface area contributed by atoms with Gasteiger partial charge < -0.3 is 26.4 Å². The second-order valence-corrected chi connectivity index (χ2v) is 8.19. The Labute approximate surface area is 175 Å². The minimum absolute atomic E-state index is 0.143. The summed E-state index contributed by atoms with van der Waals surface area (Å²) in [6, 6.07) is 5.95. The summed E-state index contributed by atoms with van der Waals surface area (Å²) < 4.78 is 1.70. The standard InChI is InChI=1S/C19H19N7O3S/c1-20-18(28)14-5-4-13(30-14)11-7-15(22-10-2-3-10)26-16(23-11)9(8-21-26)6-12-17(27)25-19(29)24-12/h4-8,10,19,22,24,29H,2-3H2,1H3,(H,20,28)(H,25,27)/b12-6-. The third-order valence-electron chi connectivity index (χ3n) is 4.84. The third-order valence-corrected chi connectivity index (χ3v) is 5.95. The first-order valence-corrected chi connectivity index (χ1v) is 10.3. The fourth-order valence-corrected chi connectivity index (χ4v) is 4.09. The predicted molar refractivity (Wildman–Crippen MR) is 112 cm³/mol. The summed E-state index contributed by atoms with van der Waals surface area (Å²) in [6.07, 6.45) is 4.31. The molecule has 0 bridgehead atoms. The Kier molecular flexibility index (Phi) is 4.40. The molecule has 0 spiro atoms. The van der Waals surface area contributed by atoms with E-state index in [0.717, 1.165) is 23.5 Å². The molecule has 4 heterocycles. The van der Waals surface area contributed by atoms with E-state index in [-0.39, 0.29) is 11.6 Å². The van der Waals surface area contributed by atoms with Crippen molar-refractivity contribution in [2.45, 2.75) is 25.2 Å². The van der Waals surface area contributed by atoms with Gasteiger partial charge in [0.05, 0.1) is 21.6 Å². The van der Waals surface area contributed by atoms with Crippen molar-refractivity contribution in [3.8, 4) is 10.6 Å². The highest BCUT2D eigenvalue weighted by atomic mass is 32.1. The molecule has 30 heavy (non-hydrogen) atoms. The highest BCUT2D eigenvalue weighted by Crippen LogP contribution is 2.32. The lowest BCUT2D eigenvalue weighted by Gasteiger charge is -2.09. The maximum absolute atomic E-state index is 12.0. The van der Waals surface area contributed by atoms with Gasteiger partial charge in [-0.3, -0.25) is 9.59 Å². The molecule has 2 aliphatic rings. The lowest BCUT2D eigenvalue weighted by molar-refractivity contribution is -0.117. The number of carbonyl (C=O) groups is 2. The van der Waals surface area contributed by atoms with Gasteiger partial charge in [0, 0.05) is 24.7 Å². The quantitative estimate of drug-likeness (QED) is 0.381. The fraction of sp³-hybridized carbons (Fsp3) is 0.263. The fourth-order valence-electron chi connectivity index (χ4n) is 3.18. The van der Waals surface area contributed by atoms with E-state index in [1.807, 2.05) is 12.1 Å². The number of fused-ring (bicyclic) bond motifs is 1. The van der Waals surface area contributed by atoms with Crippen LogP contribution < -0.4 is 21.3 Å². The number of anilines is 1. The Morgan fingerprint density at radius 3 is 2.90 bits per heavy atom. The average molecular weight is 425 g/mol. The van der Waals surface area contributed by atoms with Crippen molar-refractivity contribution in [2.24, 2.45) is 0 Å². The number of aromatic nitrogens is 3. The van der Waals surface area contributed by atoms with Crippen LogP contribution in [0.15, 0.2) is 30.1 Å². The number of nitrogens with one attached hydrogen (secondary N) is 4. The second kappa shape index (κ2) is 7.11. The molecule has 1 saturated heterocycles. The zero-order valence-electron chi connectivity index (χ0n) is 16.0. The zero-order valence-corrected chi connectivity index (χ0v) is 16.8. The molecule has 5 rings (SSSR count). The summed E-state index contributed by atoms with van der Waals surface area (Å²) in [5, 5.41) is 25.1. The van der Waals surface area contributed by atoms with Gasteiger partial charge in [0.2, 0.25) is 6.35 Å². The predicted octanol–water partition coefficient (Wildman–Crippen LogP) is 0.728. The van der Waals surface area contributed by atoms with Crippen LogP contribution in [-0.2, 0) is 4.79 Å². The van der Waals surface area contributed by atoms with Gasteiger partial charge in [0.15, 0.2) is 5.65 Å². The van der Waals surface area contributed by atoms with Crippen LogP contribution in [0.5, 0.6) is 0 Å². The maximum atomic E-state index is 12.0. The normalized spacial score (nSPS) is 19.7. The number of thiophene rings is 1. The molecule has 1 aliphatic heterocycles. The lowest BCUT2D eigenvalue weighted by atomic mass is 10.2. The van der Waals surface area contributed by atoms with Crippen LogP contribution in [0.4, 0.5) is 5.82 Å². The molecular weight excluding hydrogens is 406 g/mol. The molecule has 3 aromatic heterocycles. The van der Waals surface area contributed by atoms with E-state index < -0.39 is 12.3 Å². The Hall–Kier alpha value is -3.44. The molecule has 3 aromatic rings. The molecule has 0 radical (unpaired) electrons. The Morgan fingerprint density at radius 2 is 2.20 bits per heavy atom. The van der Waals surface area contributed by atoms with E-state index in [0.29, 0.717) is 27.8 Å². The van der Waals surface area contributed by atoms with E-state index in [1.165, 1.54) is 11.3 Å². The number of rotatable bonds is 5. The highest BCUT2D eigenvalue weighted by molar-refractivity contribution is 7.17. The van der Waals surface area contributed by atoms with Crippen molar-refractivity contribution in [3.63, 3.8) is 0 Å². The van der Waals surface area contributed by atoms with Gasteiger partial charge in [0.25, 0.3) is 11.8 Å². The van der Waals surface area contributed by atoms with E-state index in [2.05, 4.69) is 26.4 Å². The van der Waals surface area contributed by atoms with Crippen molar-refractivity contribution in [1.82, 2.24) is 30.5 Å². The van der Waals surface area contributed by atoms with Crippen LogP contribution in [-0.4, -0.2) is 51.0 Å². The van der Waals surface area contributed by atoms with Gasteiger partial charge in [0.1, 0.15) is 11.5 Å². The van der Waals surface area contributed by atoms with Gasteiger partial charge in [-0.2, -0.15) is 9.61 Å². The molecule has 1 saturated carbocycles. The minimum Gasteiger partial charge on any atom is -0.367 e. The summed E-state index contributed by atoms with van der Waals surface area (Å²) in [7, 11) is 1.60. The van der Waals surface area contributed by atoms with Gasteiger partial charge in [-0.1, -0.05) is 0 Å². The second-order valence-electron chi connectivity index (χ2n) is 7.10. The zero-order chi connectivity index (χ0) is 20.8. The van der Waals surface area contributed by atoms with Crippen molar-refractivity contribution in [3.05, 3.63) is 40.5 Å². The van der Waals surface area contributed by atoms with Crippen LogP contribution in [0.3, 0.4) is 0 Å². The monoisotopic (exact) mass is 425 g/mol. The minimum atomic E-state index is -1.12. The third kappa shape index (κ3) is 3.37. The molecule has 1 atom stereocenters. The molecule has 154 valence electrons. The van der Waals surface area contributed by atoms with Crippen LogP contribution >= 0.6 is 11.3 Å². The lowest BCUT2D eigenvalue weighted by Crippen LogP contribution is -2.30. The van der Waals surface area contributed by atoms with Crippen LogP contribution in [0.1, 0.15) is 28.1 Å². The number of hydrogen-bond donors (Lipinski definition) is 5. The van der Waals surface area contributed by atoms with Crippen LogP contribution in [0.2, 0.25) is 0 Å². The molecule has 11 heteroatoms. The molecule has 1 unspecified atom stereocenters. The number of aliphatic hydroxyl groups excluding tert-OH is 1. The van der Waals surface area contributed by atoms with Gasteiger partial charge >= 0.3 is 0 Å². The van der Waals surface area contributed by atoms with Crippen molar-refractivity contribution < 1.29 is 14.7 Å². The largest absolute Gasteiger partial charge is 0.367 e. The summed E-state index contributed by atoms with van der Waals surface area (Å²) in [5.74, 6) is 0.249. The van der Waals surface area contributed by atoms with E-state index in [1.54, 1.807) is 29.9 Å². The number of amides is 2. The molecule has 2 amide bonds. The van der Waals surface area contributed by atoms with E-state index in [4.69, 9.17) is 4.98 Å². The first-order chi connectivity index (χ1) is 14.5. The molecule has 10 nitrogen and oxygen atoms in total. The molecule has 1 aliphatic carbocycles. The Bertz CT molecular complexity index is 1190. The van der Waals surface area contributed by atoms with E-state index in [9.17, 15) is 14.7 Å². The first-order valence-electron chi connectivity index (χ1n) is 9.46. The Morgan fingerprint density at radius 1 is 1.37 bits per heavy atom. The molecular formula is C19H19N7O3S. The van der Waals surface area contributed by atoms with Crippen molar-refractivity contribution in [1.29, 1.82) is 0 Å². The van der Waals surface area contributed by atoms with Crippen molar-refractivity contribution in [2.75, 3.05) is 12.4 Å². The molecule has 0 aromatic carbocycles.